The summed E-state index contributed by atoms with van der Waals surface area (Å²) in [6, 6.07) is 7.54. The summed E-state index contributed by atoms with van der Waals surface area (Å²) in [7, 11) is 0. The molecule has 3 aliphatic heterocycles. The highest BCUT2D eigenvalue weighted by atomic mass is 16.2. The Bertz CT molecular complexity index is 670. The predicted molar refractivity (Wildman–Crippen MR) is 87.9 cm³/mol. The van der Waals surface area contributed by atoms with E-state index in [4.69, 9.17) is 0 Å². The van der Waals surface area contributed by atoms with E-state index in [1.165, 1.54) is 24.0 Å². The molecule has 2 saturated heterocycles. The lowest BCUT2D eigenvalue weighted by Crippen LogP contribution is -2.47. The number of rotatable bonds is 3. The molecule has 4 rings (SSSR count). The Kier molecular flexibility index (Phi) is 3.41. The van der Waals surface area contributed by atoms with Crippen LogP contribution in [0.3, 0.4) is 0 Å². The van der Waals surface area contributed by atoms with Crippen LogP contribution in [0.15, 0.2) is 18.2 Å². The smallest absolute Gasteiger partial charge is 0.249 e. The first-order valence-corrected chi connectivity index (χ1v) is 8.56. The molecule has 2 bridgehead atoms. The zero-order chi connectivity index (χ0) is 16.1. The zero-order valence-electron chi connectivity index (χ0n) is 13.6. The third-order valence-corrected chi connectivity index (χ3v) is 5.43. The number of carbonyl (C=O) groups is 2. The van der Waals surface area contributed by atoms with Gasteiger partial charge in [0.25, 0.3) is 0 Å². The number of fused-ring (bicyclic) bond motifs is 5. The van der Waals surface area contributed by atoms with Crippen LogP contribution in [0.2, 0.25) is 0 Å². The second-order valence-electron chi connectivity index (χ2n) is 7.11. The molecule has 0 saturated carbocycles. The van der Waals surface area contributed by atoms with Crippen LogP contribution in [-0.4, -0.2) is 28.8 Å². The highest BCUT2D eigenvalue weighted by Crippen LogP contribution is 2.56. The van der Waals surface area contributed by atoms with E-state index < -0.39 is 0 Å². The largest absolute Gasteiger partial charge is 0.373 e. The highest BCUT2D eigenvalue weighted by Gasteiger charge is 2.46. The summed E-state index contributed by atoms with van der Waals surface area (Å²) in [6.07, 6.45) is 3.38. The number of hydrogen-bond donors (Lipinski definition) is 2. The van der Waals surface area contributed by atoms with Gasteiger partial charge in [0.1, 0.15) is 6.04 Å². The van der Waals surface area contributed by atoms with Crippen molar-refractivity contribution in [1.29, 1.82) is 0 Å². The van der Waals surface area contributed by atoms with Gasteiger partial charge in [-0.15, -0.1) is 0 Å². The van der Waals surface area contributed by atoms with E-state index >= 15 is 0 Å². The number of imide groups is 1. The monoisotopic (exact) mass is 313 g/mol. The summed E-state index contributed by atoms with van der Waals surface area (Å²) in [6.45, 7) is 4.51. The van der Waals surface area contributed by atoms with Crippen LogP contribution < -0.4 is 10.6 Å². The van der Waals surface area contributed by atoms with Gasteiger partial charge >= 0.3 is 0 Å². The number of carbonyl (C=O) groups excluding carboxylic acids is 2. The molecule has 5 heteroatoms. The van der Waals surface area contributed by atoms with Crippen molar-refractivity contribution in [2.24, 2.45) is 0 Å². The van der Waals surface area contributed by atoms with Gasteiger partial charge in [-0.25, -0.2) is 0 Å². The van der Waals surface area contributed by atoms with Gasteiger partial charge in [0.2, 0.25) is 11.8 Å². The second kappa shape index (κ2) is 5.34. The highest BCUT2D eigenvalue weighted by molar-refractivity contribution is 6.01. The van der Waals surface area contributed by atoms with E-state index in [0.29, 0.717) is 31.0 Å². The van der Waals surface area contributed by atoms with Gasteiger partial charge < -0.3 is 5.32 Å². The average molecular weight is 313 g/mol. The van der Waals surface area contributed by atoms with Crippen molar-refractivity contribution >= 4 is 17.5 Å². The molecule has 2 amide bonds. The average Bonchev–Trinajstić information content (AvgIpc) is 3.07. The van der Waals surface area contributed by atoms with E-state index in [2.05, 4.69) is 47.6 Å². The van der Waals surface area contributed by atoms with Gasteiger partial charge in [0.05, 0.1) is 0 Å². The molecule has 1 aromatic rings. The number of anilines is 1. The fourth-order valence-electron chi connectivity index (χ4n) is 4.55. The summed E-state index contributed by atoms with van der Waals surface area (Å²) < 4.78 is 0. The van der Waals surface area contributed by atoms with Crippen molar-refractivity contribution in [3.8, 4) is 0 Å². The van der Waals surface area contributed by atoms with E-state index in [-0.39, 0.29) is 17.9 Å². The molecule has 23 heavy (non-hydrogen) atoms. The van der Waals surface area contributed by atoms with Crippen molar-refractivity contribution in [1.82, 2.24) is 10.2 Å². The van der Waals surface area contributed by atoms with E-state index in [9.17, 15) is 9.59 Å². The van der Waals surface area contributed by atoms with Crippen molar-refractivity contribution in [3.63, 3.8) is 0 Å². The Morgan fingerprint density at radius 2 is 1.96 bits per heavy atom. The van der Waals surface area contributed by atoms with Gasteiger partial charge in [-0.05, 0) is 50.3 Å². The second-order valence-corrected chi connectivity index (χ2v) is 7.11. The van der Waals surface area contributed by atoms with Crippen LogP contribution >= 0.6 is 0 Å². The predicted octanol–water partition coefficient (Wildman–Crippen LogP) is 2.50. The van der Waals surface area contributed by atoms with Crippen LogP contribution in [0.5, 0.6) is 0 Å². The Balaban J connectivity index is 1.64. The van der Waals surface area contributed by atoms with Crippen LogP contribution in [0.25, 0.3) is 0 Å². The Labute approximate surface area is 136 Å². The normalized spacial score (nSPS) is 29.8. The minimum Gasteiger partial charge on any atom is -0.373 e. The zero-order valence-corrected chi connectivity index (χ0v) is 13.6. The first kappa shape index (κ1) is 14.7. The topological polar surface area (TPSA) is 61.4 Å². The molecule has 0 spiro atoms. The van der Waals surface area contributed by atoms with Crippen LogP contribution in [0.4, 0.5) is 5.69 Å². The molecule has 3 unspecified atom stereocenters. The van der Waals surface area contributed by atoms with E-state index in [1.54, 1.807) is 0 Å². The minimum atomic E-state index is -0.314. The summed E-state index contributed by atoms with van der Waals surface area (Å²) in [5.41, 5.74) is 3.84. The number of nitrogens with zero attached hydrogens (tertiary/aromatic N) is 1. The minimum absolute atomic E-state index is 0.170. The van der Waals surface area contributed by atoms with Crippen molar-refractivity contribution in [3.05, 3.63) is 29.3 Å². The van der Waals surface area contributed by atoms with Crippen LogP contribution in [0, 0.1) is 0 Å². The van der Waals surface area contributed by atoms with E-state index in [1.807, 2.05) is 0 Å². The maximum atomic E-state index is 12.0. The van der Waals surface area contributed by atoms with Crippen LogP contribution in [-0.2, 0) is 9.59 Å². The van der Waals surface area contributed by atoms with Gasteiger partial charge in [0.15, 0.2) is 0 Å². The fourth-order valence-corrected chi connectivity index (χ4v) is 4.55. The summed E-state index contributed by atoms with van der Waals surface area (Å²) in [4.78, 5) is 25.9. The molecule has 122 valence electrons. The molecule has 3 atom stereocenters. The van der Waals surface area contributed by atoms with E-state index in [0.717, 1.165) is 5.69 Å². The van der Waals surface area contributed by atoms with Crippen molar-refractivity contribution < 1.29 is 9.59 Å². The number of nitrogens with one attached hydrogen (secondary N) is 2. The third kappa shape index (κ3) is 2.26. The SMILES string of the molecule is CC(C)N1C2CCC1c1c(NC3CCC(=O)NC3=O)cccc12. The maximum Gasteiger partial charge on any atom is 0.249 e. The molecule has 5 nitrogen and oxygen atoms in total. The number of piperidine rings is 1. The molecule has 1 aromatic carbocycles. The lowest BCUT2D eigenvalue weighted by molar-refractivity contribution is -0.133. The molecule has 3 aliphatic rings. The van der Waals surface area contributed by atoms with Gasteiger partial charge in [-0.2, -0.15) is 0 Å². The maximum absolute atomic E-state index is 12.0. The van der Waals surface area contributed by atoms with Crippen molar-refractivity contribution in [2.45, 2.75) is 63.7 Å². The molecular weight excluding hydrogens is 290 g/mol. The van der Waals surface area contributed by atoms with Gasteiger partial charge in [-0.3, -0.25) is 19.8 Å². The molecule has 0 aliphatic carbocycles. The van der Waals surface area contributed by atoms with Crippen LogP contribution in [0.1, 0.15) is 62.7 Å². The molecule has 2 N–H and O–H groups in total. The third-order valence-electron chi connectivity index (χ3n) is 5.43. The quantitative estimate of drug-likeness (QED) is 0.842. The first-order chi connectivity index (χ1) is 11.1. The van der Waals surface area contributed by atoms with Gasteiger partial charge in [-0.1, -0.05) is 12.1 Å². The summed E-state index contributed by atoms with van der Waals surface area (Å²) in [5.74, 6) is -0.376. The van der Waals surface area contributed by atoms with Gasteiger partial charge in [0, 0.05) is 30.2 Å². The lowest BCUT2D eigenvalue weighted by atomic mass is 9.90. The molecule has 2 fully saturated rings. The summed E-state index contributed by atoms with van der Waals surface area (Å²) >= 11 is 0. The Morgan fingerprint density at radius 3 is 2.70 bits per heavy atom. The standard InChI is InChI=1S/C18H23N3O2/c1-10(2)21-14-7-8-15(21)17-11(14)4-3-5-12(17)19-13-6-9-16(22)20-18(13)23/h3-5,10,13-15,19H,6-9H2,1-2H3,(H,20,22,23). The number of hydrogen-bond acceptors (Lipinski definition) is 4. The number of amides is 2. The number of benzene rings is 1. The fraction of sp³-hybridized carbons (Fsp3) is 0.556. The molecular formula is C18H23N3O2. The Morgan fingerprint density at radius 1 is 1.17 bits per heavy atom. The van der Waals surface area contributed by atoms with Crippen molar-refractivity contribution in [2.75, 3.05) is 5.32 Å². The molecule has 0 radical (unpaired) electrons. The first-order valence-electron chi connectivity index (χ1n) is 8.56. The molecule has 3 heterocycles. The lowest BCUT2D eigenvalue weighted by Gasteiger charge is -2.27. The Hall–Kier alpha value is -1.88. The summed E-state index contributed by atoms with van der Waals surface area (Å²) in [5, 5.41) is 5.83. The molecule has 0 aromatic heterocycles.